The Labute approximate surface area is 84.7 Å². The maximum atomic E-state index is 8.62. The molecule has 1 aromatic rings. The highest BCUT2D eigenvalue weighted by Crippen LogP contribution is 2.16. The molecule has 0 aliphatic heterocycles. The van der Waals surface area contributed by atoms with Gasteiger partial charge in [0.1, 0.15) is 12.0 Å². The standard InChI is InChI=1S/C11H17NO2/c1-9-5-3-4-6-11(9)14-10(2)12-7-8-13/h3-6,10,12-13H,7-8H2,1-2H3. The summed E-state index contributed by atoms with van der Waals surface area (Å²) in [5.74, 6) is 0.880. The van der Waals surface area contributed by atoms with Gasteiger partial charge in [0.05, 0.1) is 6.61 Å². The molecule has 1 atom stereocenters. The van der Waals surface area contributed by atoms with Crippen LogP contribution in [0.25, 0.3) is 0 Å². The molecule has 1 rings (SSSR count). The zero-order valence-electron chi connectivity index (χ0n) is 8.66. The molecule has 2 N–H and O–H groups in total. The molecule has 1 unspecified atom stereocenters. The second-order valence-electron chi connectivity index (χ2n) is 3.20. The SMILES string of the molecule is Cc1ccccc1OC(C)NCCO. The molecule has 0 amide bonds. The lowest BCUT2D eigenvalue weighted by Gasteiger charge is -2.16. The van der Waals surface area contributed by atoms with Gasteiger partial charge < -0.3 is 9.84 Å². The Kier molecular flexibility index (Phi) is 4.43. The molecule has 0 saturated carbocycles. The third kappa shape index (κ3) is 3.36. The van der Waals surface area contributed by atoms with Crippen molar-refractivity contribution in [1.29, 1.82) is 0 Å². The Hall–Kier alpha value is -1.06. The molecule has 0 aliphatic carbocycles. The largest absolute Gasteiger partial charge is 0.475 e. The van der Waals surface area contributed by atoms with Gasteiger partial charge in [-0.05, 0) is 25.5 Å². The van der Waals surface area contributed by atoms with Crippen LogP contribution in [0.1, 0.15) is 12.5 Å². The topological polar surface area (TPSA) is 41.5 Å². The van der Waals surface area contributed by atoms with E-state index in [4.69, 9.17) is 9.84 Å². The summed E-state index contributed by atoms with van der Waals surface area (Å²) < 4.78 is 5.62. The molecule has 0 aromatic heterocycles. The van der Waals surface area contributed by atoms with Gasteiger partial charge in [-0.1, -0.05) is 18.2 Å². The number of hydrogen-bond acceptors (Lipinski definition) is 3. The Balaban J connectivity index is 2.47. The fraction of sp³-hybridized carbons (Fsp3) is 0.455. The molecule has 3 heteroatoms. The van der Waals surface area contributed by atoms with Crippen LogP contribution >= 0.6 is 0 Å². The van der Waals surface area contributed by atoms with Crippen molar-refractivity contribution in [1.82, 2.24) is 5.32 Å². The Morgan fingerprint density at radius 2 is 2.14 bits per heavy atom. The average molecular weight is 195 g/mol. The molecule has 1 aromatic carbocycles. The molecule has 78 valence electrons. The molecule has 0 fully saturated rings. The van der Waals surface area contributed by atoms with Gasteiger partial charge in [0.2, 0.25) is 0 Å². The Morgan fingerprint density at radius 3 is 2.79 bits per heavy atom. The maximum absolute atomic E-state index is 8.62. The minimum absolute atomic E-state index is 0.0803. The molecular weight excluding hydrogens is 178 g/mol. The first-order chi connectivity index (χ1) is 6.74. The third-order valence-electron chi connectivity index (χ3n) is 1.94. The fourth-order valence-electron chi connectivity index (χ4n) is 1.19. The summed E-state index contributed by atoms with van der Waals surface area (Å²) in [6.45, 7) is 4.60. The zero-order valence-corrected chi connectivity index (χ0v) is 8.66. The molecule has 0 saturated heterocycles. The number of benzene rings is 1. The van der Waals surface area contributed by atoms with E-state index in [0.717, 1.165) is 11.3 Å². The van der Waals surface area contributed by atoms with Crippen LogP contribution in [0, 0.1) is 6.92 Å². The van der Waals surface area contributed by atoms with Crippen molar-refractivity contribution in [3.63, 3.8) is 0 Å². The first-order valence-electron chi connectivity index (χ1n) is 4.80. The highest BCUT2D eigenvalue weighted by molar-refractivity contribution is 5.31. The lowest BCUT2D eigenvalue weighted by Crippen LogP contribution is -2.33. The lowest BCUT2D eigenvalue weighted by atomic mass is 10.2. The maximum Gasteiger partial charge on any atom is 0.147 e. The van der Waals surface area contributed by atoms with Crippen LogP contribution in [0.2, 0.25) is 0 Å². The van der Waals surface area contributed by atoms with Crippen molar-refractivity contribution in [3.05, 3.63) is 29.8 Å². The summed E-state index contributed by atoms with van der Waals surface area (Å²) >= 11 is 0. The van der Waals surface area contributed by atoms with Crippen molar-refractivity contribution in [2.75, 3.05) is 13.2 Å². The van der Waals surface area contributed by atoms with Crippen molar-refractivity contribution in [3.8, 4) is 5.75 Å². The van der Waals surface area contributed by atoms with E-state index < -0.39 is 0 Å². The van der Waals surface area contributed by atoms with E-state index in [1.807, 2.05) is 38.1 Å². The first-order valence-corrected chi connectivity index (χ1v) is 4.80. The average Bonchev–Trinajstić information content (AvgIpc) is 2.18. The van der Waals surface area contributed by atoms with Gasteiger partial charge >= 0.3 is 0 Å². The number of hydrogen-bond donors (Lipinski definition) is 2. The van der Waals surface area contributed by atoms with Crippen molar-refractivity contribution < 1.29 is 9.84 Å². The van der Waals surface area contributed by atoms with Gasteiger partial charge in [0.15, 0.2) is 0 Å². The van der Waals surface area contributed by atoms with Crippen LogP contribution in [0.4, 0.5) is 0 Å². The second-order valence-corrected chi connectivity index (χ2v) is 3.20. The molecule has 0 radical (unpaired) electrons. The van der Waals surface area contributed by atoms with E-state index in [1.54, 1.807) is 0 Å². The van der Waals surface area contributed by atoms with Crippen LogP contribution in [-0.4, -0.2) is 24.5 Å². The molecule has 0 spiro atoms. The second kappa shape index (κ2) is 5.62. The van der Waals surface area contributed by atoms with Crippen molar-refractivity contribution >= 4 is 0 Å². The smallest absolute Gasteiger partial charge is 0.147 e. The summed E-state index contributed by atoms with van der Waals surface area (Å²) in [5, 5.41) is 11.7. The van der Waals surface area contributed by atoms with Gasteiger partial charge in [0, 0.05) is 6.54 Å². The Morgan fingerprint density at radius 1 is 1.43 bits per heavy atom. The predicted molar refractivity (Wildman–Crippen MR) is 56.4 cm³/mol. The monoisotopic (exact) mass is 195 g/mol. The number of rotatable bonds is 5. The van der Waals surface area contributed by atoms with Gasteiger partial charge in [-0.15, -0.1) is 0 Å². The molecule has 0 heterocycles. The van der Waals surface area contributed by atoms with Gasteiger partial charge in [0.25, 0.3) is 0 Å². The van der Waals surface area contributed by atoms with Crippen LogP contribution in [-0.2, 0) is 0 Å². The van der Waals surface area contributed by atoms with E-state index in [-0.39, 0.29) is 12.8 Å². The highest BCUT2D eigenvalue weighted by atomic mass is 16.5. The van der Waals surface area contributed by atoms with Gasteiger partial charge in [-0.25, -0.2) is 0 Å². The Bertz CT molecular complexity index is 276. The van der Waals surface area contributed by atoms with Gasteiger partial charge in [-0.3, -0.25) is 5.32 Å². The number of nitrogens with one attached hydrogen (secondary N) is 1. The van der Waals surface area contributed by atoms with E-state index in [0.29, 0.717) is 6.54 Å². The van der Waals surface area contributed by atoms with Crippen molar-refractivity contribution in [2.24, 2.45) is 0 Å². The summed E-state index contributed by atoms with van der Waals surface area (Å²) in [4.78, 5) is 0. The molecular formula is C11H17NO2. The lowest BCUT2D eigenvalue weighted by molar-refractivity contribution is 0.168. The number of ether oxygens (including phenoxy) is 1. The van der Waals surface area contributed by atoms with Crippen molar-refractivity contribution in [2.45, 2.75) is 20.1 Å². The van der Waals surface area contributed by atoms with E-state index >= 15 is 0 Å². The number of para-hydroxylation sites is 1. The van der Waals surface area contributed by atoms with Crippen LogP contribution < -0.4 is 10.1 Å². The summed E-state index contributed by atoms with van der Waals surface area (Å²) in [7, 11) is 0. The fourth-order valence-corrected chi connectivity index (χ4v) is 1.19. The minimum Gasteiger partial charge on any atom is -0.475 e. The number of aliphatic hydroxyl groups excluding tert-OH is 1. The van der Waals surface area contributed by atoms with Crippen LogP contribution in [0.5, 0.6) is 5.75 Å². The molecule has 0 bridgehead atoms. The molecule has 14 heavy (non-hydrogen) atoms. The van der Waals surface area contributed by atoms with Gasteiger partial charge in [-0.2, -0.15) is 0 Å². The summed E-state index contributed by atoms with van der Waals surface area (Å²) in [6, 6.07) is 7.87. The molecule has 0 aliphatic rings. The quantitative estimate of drug-likeness (QED) is 0.696. The first kappa shape index (κ1) is 11.0. The van der Waals surface area contributed by atoms with E-state index in [2.05, 4.69) is 5.32 Å². The predicted octanol–water partition coefficient (Wildman–Crippen LogP) is 1.30. The van der Waals surface area contributed by atoms with Crippen LogP contribution in [0.3, 0.4) is 0 Å². The summed E-state index contributed by atoms with van der Waals surface area (Å²) in [5.41, 5.74) is 1.12. The highest BCUT2D eigenvalue weighted by Gasteiger charge is 2.03. The molecule has 3 nitrogen and oxygen atoms in total. The number of aliphatic hydroxyl groups is 1. The normalized spacial score (nSPS) is 12.5. The van der Waals surface area contributed by atoms with E-state index in [9.17, 15) is 0 Å². The zero-order chi connectivity index (χ0) is 10.4. The third-order valence-corrected chi connectivity index (χ3v) is 1.94. The van der Waals surface area contributed by atoms with E-state index in [1.165, 1.54) is 0 Å². The van der Waals surface area contributed by atoms with Crippen LogP contribution in [0.15, 0.2) is 24.3 Å². The summed E-state index contributed by atoms with van der Waals surface area (Å²) in [6.07, 6.45) is -0.0803. The number of aryl methyl sites for hydroxylation is 1. The minimum atomic E-state index is -0.0803.